The lowest BCUT2D eigenvalue weighted by molar-refractivity contribution is -0.142. The van der Waals surface area contributed by atoms with Crippen molar-refractivity contribution in [2.75, 3.05) is 6.54 Å². The summed E-state index contributed by atoms with van der Waals surface area (Å²) in [5.74, 6) is -3.63. The average Bonchev–Trinajstić information content (AvgIpc) is 2.98. The van der Waals surface area contributed by atoms with Crippen molar-refractivity contribution < 1.29 is 29.1 Å². The van der Waals surface area contributed by atoms with E-state index < -0.39 is 47.7 Å². The molecule has 1 aliphatic rings. The van der Waals surface area contributed by atoms with Gasteiger partial charge in [0.15, 0.2) is 0 Å². The van der Waals surface area contributed by atoms with Crippen molar-refractivity contribution in [2.24, 2.45) is 0 Å². The summed E-state index contributed by atoms with van der Waals surface area (Å²) in [6, 6.07) is 16.2. The molecule has 0 spiro atoms. The predicted molar refractivity (Wildman–Crippen MR) is 149 cm³/mol. The molecule has 11 nitrogen and oxygen atoms in total. The number of pyridine rings is 1. The Kier molecular flexibility index (Phi) is 9.76. The Morgan fingerprint density at radius 1 is 0.756 bits per heavy atom. The summed E-state index contributed by atoms with van der Waals surface area (Å²) in [6.07, 6.45) is 3.13. The van der Waals surface area contributed by atoms with Gasteiger partial charge in [-0.25, -0.2) is 4.79 Å². The van der Waals surface area contributed by atoms with Gasteiger partial charge in [-0.15, -0.1) is 0 Å². The fourth-order valence-electron chi connectivity index (χ4n) is 4.46. The first kappa shape index (κ1) is 28.9. The normalized spacial score (nSPS) is 20.5. The predicted octanol–water partition coefficient (Wildman–Crippen LogP) is 1.24. The molecule has 0 saturated heterocycles. The molecule has 4 amide bonds. The van der Waals surface area contributed by atoms with Crippen LogP contribution in [0.5, 0.6) is 0 Å². The number of hydrogen-bond donors (Lipinski definition) is 5. The molecule has 0 unspecified atom stereocenters. The zero-order valence-corrected chi connectivity index (χ0v) is 22.2. The van der Waals surface area contributed by atoms with Crippen LogP contribution in [0.15, 0.2) is 79.1 Å². The van der Waals surface area contributed by atoms with Crippen LogP contribution in [-0.4, -0.2) is 64.4 Å². The molecule has 3 aromatic rings. The highest BCUT2D eigenvalue weighted by atomic mass is 16.4. The first-order valence-corrected chi connectivity index (χ1v) is 13.3. The standard InChI is InChI=1S/C30H31N5O6/c36-26-21-16-22(18-31-17-21)27(37)35-25(15-20-10-5-2-6-11-20)29(39)33-23(30(40)41)12-7-13-32-28(38)24(34-26)14-19-8-3-1-4-9-19/h1-6,8-11,16-18,23-25H,7,12-15H2,(H,32,38)(H,33,39)(H,34,36)(H,35,37)(H,40,41)/t23-,24-,25-/m0/s1. The molecule has 2 aromatic carbocycles. The Morgan fingerprint density at radius 2 is 1.27 bits per heavy atom. The largest absolute Gasteiger partial charge is 0.480 e. The number of fused-ring (bicyclic) bond motifs is 2. The summed E-state index contributed by atoms with van der Waals surface area (Å²) in [5, 5.41) is 20.4. The molecule has 3 atom stereocenters. The van der Waals surface area contributed by atoms with Gasteiger partial charge >= 0.3 is 5.97 Å². The first-order valence-electron chi connectivity index (χ1n) is 13.3. The maximum absolute atomic E-state index is 13.2. The topological polar surface area (TPSA) is 167 Å². The minimum absolute atomic E-state index is 0.0201. The lowest BCUT2D eigenvalue weighted by Crippen LogP contribution is -2.52. The smallest absolute Gasteiger partial charge is 0.326 e. The summed E-state index contributed by atoms with van der Waals surface area (Å²) < 4.78 is 0. The Hall–Kier alpha value is -5.06. The number of rotatable bonds is 5. The third kappa shape index (κ3) is 8.21. The van der Waals surface area contributed by atoms with Gasteiger partial charge in [0, 0.05) is 31.8 Å². The summed E-state index contributed by atoms with van der Waals surface area (Å²) >= 11 is 0. The molecular weight excluding hydrogens is 526 g/mol. The molecule has 212 valence electrons. The molecule has 2 heterocycles. The number of nitrogens with one attached hydrogen (secondary N) is 4. The minimum Gasteiger partial charge on any atom is -0.480 e. The maximum atomic E-state index is 13.2. The molecule has 0 aliphatic carbocycles. The number of hydrogen-bond acceptors (Lipinski definition) is 6. The van der Waals surface area contributed by atoms with Gasteiger partial charge in [0.25, 0.3) is 11.8 Å². The zero-order chi connectivity index (χ0) is 29.2. The maximum Gasteiger partial charge on any atom is 0.326 e. The molecule has 0 saturated carbocycles. The van der Waals surface area contributed by atoms with Gasteiger partial charge in [-0.05, 0) is 30.0 Å². The van der Waals surface area contributed by atoms with Gasteiger partial charge in [0.2, 0.25) is 11.8 Å². The summed E-state index contributed by atoms with van der Waals surface area (Å²) in [5.41, 5.74) is 1.65. The van der Waals surface area contributed by atoms with E-state index in [9.17, 15) is 29.1 Å². The number of nitrogens with zero attached hydrogens (tertiary/aromatic N) is 1. The highest BCUT2D eigenvalue weighted by Gasteiger charge is 2.28. The third-order valence-electron chi connectivity index (χ3n) is 6.65. The van der Waals surface area contributed by atoms with E-state index in [1.165, 1.54) is 18.5 Å². The Morgan fingerprint density at radius 3 is 1.78 bits per heavy atom. The van der Waals surface area contributed by atoms with Crippen LogP contribution in [0.4, 0.5) is 0 Å². The number of carbonyl (C=O) groups is 5. The van der Waals surface area contributed by atoms with Crippen molar-refractivity contribution in [3.05, 3.63) is 101 Å². The van der Waals surface area contributed by atoms with E-state index >= 15 is 0 Å². The molecule has 2 bridgehead atoms. The average molecular weight is 558 g/mol. The molecule has 1 aromatic heterocycles. The second-order valence-electron chi connectivity index (χ2n) is 9.73. The number of carboxylic acids is 1. The molecule has 41 heavy (non-hydrogen) atoms. The minimum atomic E-state index is -1.24. The van der Waals surface area contributed by atoms with Crippen LogP contribution < -0.4 is 21.3 Å². The number of carboxylic acid groups (broad SMARTS) is 1. The monoisotopic (exact) mass is 557 g/mol. The van der Waals surface area contributed by atoms with Gasteiger partial charge in [0.1, 0.15) is 18.1 Å². The van der Waals surface area contributed by atoms with Crippen LogP contribution >= 0.6 is 0 Å². The van der Waals surface area contributed by atoms with Gasteiger partial charge in [-0.2, -0.15) is 0 Å². The van der Waals surface area contributed by atoms with E-state index in [4.69, 9.17) is 0 Å². The molecular formula is C30H31N5O6. The Balaban J connectivity index is 1.63. The fraction of sp³-hybridized carbons (Fsp3) is 0.267. The van der Waals surface area contributed by atoms with E-state index in [0.29, 0.717) is 0 Å². The number of aliphatic carboxylic acids is 1. The van der Waals surface area contributed by atoms with Crippen LogP contribution in [0, 0.1) is 0 Å². The van der Waals surface area contributed by atoms with Crippen LogP contribution in [0.3, 0.4) is 0 Å². The van der Waals surface area contributed by atoms with Gasteiger partial charge in [-0.1, -0.05) is 60.7 Å². The van der Waals surface area contributed by atoms with Crippen molar-refractivity contribution in [1.29, 1.82) is 0 Å². The fourth-order valence-corrected chi connectivity index (χ4v) is 4.46. The van der Waals surface area contributed by atoms with Gasteiger partial charge in [-0.3, -0.25) is 24.2 Å². The molecule has 5 N–H and O–H groups in total. The molecule has 1 aliphatic heterocycles. The highest BCUT2D eigenvalue weighted by molar-refractivity contribution is 6.02. The van der Waals surface area contributed by atoms with Crippen LogP contribution in [0.25, 0.3) is 0 Å². The van der Waals surface area contributed by atoms with Crippen LogP contribution in [-0.2, 0) is 27.2 Å². The molecule has 0 fully saturated rings. The summed E-state index contributed by atoms with van der Waals surface area (Å²) in [4.78, 5) is 68.6. The quantitative estimate of drug-likeness (QED) is 0.315. The second-order valence-corrected chi connectivity index (χ2v) is 9.73. The van der Waals surface area contributed by atoms with E-state index in [1.54, 1.807) is 24.3 Å². The van der Waals surface area contributed by atoms with Crippen LogP contribution in [0.2, 0.25) is 0 Å². The number of aromatic nitrogens is 1. The van der Waals surface area contributed by atoms with E-state index in [1.807, 2.05) is 36.4 Å². The number of benzene rings is 2. The molecule has 0 radical (unpaired) electrons. The molecule has 11 heteroatoms. The van der Waals surface area contributed by atoms with Crippen molar-refractivity contribution in [3.63, 3.8) is 0 Å². The second kappa shape index (κ2) is 13.8. The highest BCUT2D eigenvalue weighted by Crippen LogP contribution is 2.10. The third-order valence-corrected chi connectivity index (χ3v) is 6.65. The summed E-state index contributed by atoms with van der Waals surface area (Å²) in [6.45, 7) is 0.126. The van der Waals surface area contributed by atoms with E-state index in [2.05, 4.69) is 26.3 Å². The summed E-state index contributed by atoms with van der Waals surface area (Å²) in [7, 11) is 0. The lowest BCUT2D eigenvalue weighted by Gasteiger charge is -2.22. The number of carbonyl (C=O) groups excluding carboxylic acids is 4. The van der Waals surface area contributed by atoms with Crippen molar-refractivity contribution >= 4 is 29.6 Å². The Labute approximate surface area is 236 Å². The van der Waals surface area contributed by atoms with Gasteiger partial charge in [0.05, 0.1) is 11.1 Å². The van der Waals surface area contributed by atoms with Crippen molar-refractivity contribution in [1.82, 2.24) is 26.3 Å². The zero-order valence-electron chi connectivity index (χ0n) is 22.2. The van der Waals surface area contributed by atoms with Crippen molar-refractivity contribution in [2.45, 2.75) is 43.8 Å². The molecule has 4 rings (SSSR count). The number of amides is 4. The Bertz CT molecular complexity index is 1400. The van der Waals surface area contributed by atoms with E-state index in [-0.39, 0.29) is 43.4 Å². The van der Waals surface area contributed by atoms with Gasteiger partial charge < -0.3 is 26.4 Å². The first-order chi connectivity index (χ1) is 19.8. The van der Waals surface area contributed by atoms with Crippen molar-refractivity contribution in [3.8, 4) is 0 Å². The lowest BCUT2D eigenvalue weighted by atomic mass is 10.0. The van der Waals surface area contributed by atoms with E-state index in [0.717, 1.165) is 11.1 Å². The SMILES string of the molecule is O=C1N[C@@H](Cc2ccccc2)C(=O)NCCC[C@@H](C(=O)O)NC(=O)[C@H](Cc2ccccc2)NC(=O)c2cncc1c2. The van der Waals surface area contributed by atoms with Crippen LogP contribution in [0.1, 0.15) is 44.7 Å².